The van der Waals surface area contributed by atoms with Gasteiger partial charge in [-0.1, -0.05) is 12.8 Å². The molecule has 0 amide bonds. The highest BCUT2D eigenvalue weighted by atomic mass is 32.2. The minimum atomic E-state index is -0.150. The molecule has 1 saturated carbocycles. The van der Waals surface area contributed by atoms with E-state index in [2.05, 4.69) is 4.74 Å². The number of hydrogen-bond donors (Lipinski definition) is 1. The molecule has 1 fully saturated rings. The quantitative estimate of drug-likeness (QED) is 0.699. The van der Waals surface area contributed by atoms with Crippen LogP contribution in [-0.4, -0.2) is 30.1 Å². The lowest BCUT2D eigenvalue weighted by Gasteiger charge is -2.27. The van der Waals surface area contributed by atoms with Crippen LogP contribution in [0.1, 0.15) is 25.7 Å². The SMILES string of the molecule is COC(=O)CSC1CCCCC1N. The number of methoxy groups -OCH3 is 1. The smallest absolute Gasteiger partial charge is 0.315 e. The highest BCUT2D eigenvalue weighted by Crippen LogP contribution is 2.27. The first-order valence-corrected chi connectivity index (χ1v) is 5.73. The molecule has 0 saturated heterocycles. The van der Waals surface area contributed by atoms with Crippen LogP contribution in [-0.2, 0) is 9.53 Å². The molecule has 0 radical (unpaired) electrons. The number of nitrogens with two attached hydrogens (primary N) is 1. The van der Waals surface area contributed by atoms with E-state index in [1.807, 2.05) is 0 Å². The Morgan fingerprint density at radius 3 is 2.85 bits per heavy atom. The molecule has 3 nitrogen and oxygen atoms in total. The van der Waals surface area contributed by atoms with Crippen LogP contribution < -0.4 is 5.73 Å². The lowest BCUT2D eigenvalue weighted by atomic mass is 9.96. The molecule has 0 bridgehead atoms. The minimum Gasteiger partial charge on any atom is -0.468 e. The van der Waals surface area contributed by atoms with Crippen molar-refractivity contribution in [2.24, 2.45) is 5.73 Å². The van der Waals surface area contributed by atoms with Crippen LogP contribution in [0, 0.1) is 0 Å². The van der Waals surface area contributed by atoms with Crippen molar-refractivity contribution in [3.63, 3.8) is 0 Å². The fourth-order valence-corrected chi connectivity index (χ4v) is 2.75. The Kier molecular flexibility index (Phi) is 4.59. The predicted molar refractivity (Wildman–Crippen MR) is 54.7 cm³/mol. The largest absolute Gasteiger partial charge is 0.468 e. The molecule has 0 spiro atoms. The van der Waals surface area contributed by atoms with Gasteiger partial charge in [0.2, 0.25) is 0 Å². The highest BCUT2D eigenvalue weighted by Gasteiger charge is 2.22. The molecular formula is C9H17NO2S. The van der Waals surface area contributed by atoms with E-state index in [0.717, 1.165) is 12.8 Å². The Hall–Kier alpha value is -0.220. The van der Waals surface area contributed by atoms with Gasteiger partial charge in [-0.3, -0.25) is 4.79 Å². The number of carbonyl (C=O) groups is 1. The maximum atomic E-state index is 10.9. The highest BCUT2D eigenvalue weighted by molar-refractivity contribution is 8.00. The van der Waals surface area contributed by atoms with Gasteiger partial charge in [-0.15, -0.1) is 11.8 Å². The lowest BCUT2D eigenvalue weighted by Crippen LogP contribution is -2.35. The third-order valence-electron chi connectivity index (χ3n) is 2.40. The Morgan fingerprint density at radius 1 is 1.54 bits per heavy atom. The van der Waals surface area contributed by atoms with E-state index in [1.165, 1.54) is 20.0 Å². The fraction of sp³-hybridized carbons (Fsp3) is 0.889. The van der Waals surface area contributed by atoms with Gasteiger partial charge in [-0.2, -0.15) is 0 Å². The molecule has 4 heteroatoms. The monoisotopic (exact) mass is 203 g/mol. The molecule has 13 heavy (non-hydrogen) atoms. The summed E-state index contributed by atoms with van der Waals surface area (Å²) in [5, 5.41) is 0.452. The summed E-state index contributed by atoms with van der Waals surface area (Å²) in [5.74, 6) is 0.289. The standard InChI is InChI=1S/C9H17NO2S/c1-12-9(11)6-13-8-5-3-2-4-7(8)10/h7-8H,2-6,10H2,1H3. The first-order chi connectivity index (χ1) is 6.24. The van der Waals surface area contributed by atoms with E-state index >= 15 is 0 Å². The molecule has 2 N–H and O–H groups in total. The Labute approximate surface area is 83.4 Å². The molecular weight excluding hydrogens is 186 g/mol. The van der Waals surface area contributed by atoms with Gasteiger partial charge in [0.05, 0.1) is 12.9 Å². The van der Waals surface area contributed by atoms with Gasteiger partial charge >= 0.3 is 5.97 Å². The van der Waals surface area contributed by atoms with Crippen molar-refractivity contribution >= 4 is 17.7 Å². The summed E-state index contributed by atoms with van der Waals surface area (Å²) < 4.78 is 4.58. The molecule has 0 aliphatic heterocycles. The number of ether oxygens (including phenoxy) is 1. The van der Waals surface area contributed by atoms with Crippen LogP contribution in [0.4, 0.5) is 0 Å². The number of thioether (sulfide) groups is 1. The summed E-state index contributed by atoms with van der Waals surface area (Å²) >= 11 is 1.64. The van der Waals surface area contributed by atoms with E-state index in [1.54, 1.807) is 11.8 Å². The molecule has 2 unspecified atom stereocenters. The first kappa shape index (κ1) is 10.9. The molecule has 0 aromatic heterocycles. The van der Waals surface area contributed by atoms with Gasteiger partial charge in [0.15, 0.2) is 0 Å². The number of hydrogen-bond acceptors (Lipinski definition) is 4. The Balaban J connectivity index is 2.22. The second kappa shape index (κ2) is 5.50. The average molecular weight is 203 g/mol. The topological polar surface area (TPSA) is 52.3 Å². The number of rotatable bonds is 3. The van der Waals surface area contributed by atoms with Crippen molar-refractivity contribution in [3.8, 4) is 0 Å². The van der Waals surface area contributed by atoms with Gasteiger partial charge < -0.3 is 10.5 Å². The molecule has 0 aromatic carbocycles. The van der Waals surface area contributed by atoms with Crippen molar-refractivity contribution in [3.05, 3.63) is 0 Å². The van der Waals surface area contributed by atoms with E-state index in [0.29, 0.717) is 11.0 Å². The van der Waals surface area contributed by atoms with Crippen LogP contribution in [0.3, 0.4) is 0 Å². The molecule has 2 atom stereocenters. The van der Waals surface area contributed by atoms with Crippen molar-refractivity contribution in [1.82, 2.24) is 0 Å². The van der Waals surface area contributed by atoms with Gasteiger partial charge in [0.1, 0.15) is 0 Å². The maximum absolute atomic E-state index is 10.9. The molecule has 0 heterocycles. The summed E-state index contributed by atoms with van der Waals surface area (Å²) in [6.07, 6.45) is 4.71. The third-order valence-corrected chi connectivity index (χ3v) is 3.81. The van der Waals surface area contributed by atoms with E-state index < -0.39 is 0 Å². The predicted octanol–water partition coefficient (Wildman–Crippen LogP) is 1.16. The molecule has 1 aliphatic carbocycles. The van der Waals surface area contributed by atoms with Gasteiger partial charge in [0, 0.05) is 11.3 Å². The zero-order valence-electron chi connectivity index (χ0n) is 7.99. The summed E-state index contributed by atoms with van der Waals surface area (Å²) in [6, 6.07) is 0.267. The van der Waals surface area contributed by atoms with Crippen LogP contribution in [0.15, 0.2) is 0 Å². The van der Waals surface area contributed by atoms with Gasteiger partial charge in [-0.05, 0) is 12.8 Å². The number of esters is 1. The second-order valence-electron chi connectivity index (χ2n) is 3.37. The van der Waals surface area contributed by atoms with Crippen molar-refractivity contribution in [1.29, 1.82) is 0 Å². The normalized spacial score (nSPS) is 28.5. The Bertz CT molecular complexity index is 175. The van der Waals surface area contributed by atoms with Crippen LogP contribution in [0.25, 0.3) is 0 Å². The van der Waals surface area contributed by atoms with Crippen LogP contribution in [0.5, 0.6) is 0 Å². The zero-order chi connectivity index (χ0) is 9.68. The van der Waals surface area contributed by atoms with E-state index in [4.69, 9.17) is 5.73 Å². The summed E-state index contributed by atoms with van der Waals surface area (Å²) in [5.41, 5.74) is 5.93. The Morgan fingerprint density at radius 2 is 2.23 bits per heavy atom. The minimum absolute atomic E-state index is 0.150. The van der Waals surface area contributed by atoms with Crippen LogP contribution in [0.2, 0.25) is 0 Å². The zero-order valence-corrected chi connectivity index (χ0v) is 8.81. The maximum Gasteiger partial charge on any atom is 0.315 e. The summed E-state index contributed by atoms with van der Waals surface area (Å²) in [6.45, 7) is 0. The molecule has 1 rings (SSSR count). The average Bonchev–Trinajstić information content (AvgIpc) is 2.16. The molecule has 76 valence electrons. The second-order valence-corrected chi connectivity index (χ2v) is 4.60. The third kappa shape index (κ3) is 3.56. The molecule has 0 aromatic rings. The fourth-order valence-electron chi connectivity index (χ4n) is 1.57. The summed E-state index contributed by atoms with van der Waals surface area (Å²) in [4.78, 5) is 10.9. The number of carbonyl (C=O) groups excluding carboxylic acids is 1. The molecule has 1 aliphatic rings. The first-order valence-electron chi connectivity index (χ1n) is 4.68. The van der Waals surface area contributed by atoms with Crippen LogP contribution >= 0.6 is 11.8 Å². The summed E-state index contributed by atoms with van der Waals surface area (Å²) in [7, 11) is 1.42. The van der Waals surface area contributed by atoms with E-state index in [9.17, 15) is 4.79 Å². The van der Waals surface area contributed by atoms with Gasteiger partial charge in [0.25, 0.3) is 0 Å². The van der Waals surface area contributed by atoms with E-state index in [-0.39, 0.29) is 12.0 Å². The lowest BCUT2D eigenvalue weighted by molar-refractivity contribution is -0.137. The van der Waals surface area contributed by atoms with Crippen molar-refractivity contribution in [2.75, 3.05) is 12.9 Å². The van der Waals surface area contributed by atoms with Crippen molar-refractivity contribution in [2.45, 2.75) is 37.0 Å². The van der Waals surface area contributed by atoms with Gasteiger partial charge in [-0.25, -0.2) is 0 Å². The van der Waals surface area contributed by atoms with Crippen molar-refractivity contribution < 1.29 is 9.53 Å².